The molecule has 2 rings (SSSR count). The highest BCUT2D eigenvalue weighted by atomic mass is 16.5. The number of ether oxygens (including phenoxy) is 1. The van der Waals surface area contributed by atoms with Crippen molar-refractivity contribution in [3.63, 3.8) is 0 Å². The number of carbonyl (C=O) groups is 1. The number of nitrogens with zero attached hydrogens (tertiary/aromatic N) is 1. The number of nitrogens with one attached hydrogen (secondary N) is 1. The van der Waals surface area contributed by atoms with Gasteiger partial charge in [0.05, 0.1) is 13.5 Å². The van der Waals surface area contributed by atoms with E-state index < -0.39 is 0 Å². The van der Waals surface area contributed by atoms with E-state index in [0.29, 0.717) is 6.42 Å². The molecule has 2 aromatic rings. The SMILES string of the molecule is COc1ccc2[nH]c(C)c(CC(=O)N(C)C)c2c1. The molecule has 4 heteroatoms. The summed E-state index contributed by atoms with van der Waals surface area (Å²) in [5.41, 5.74) is 3.12. The van der Waals surface area contributed by atoms with E-state index in [-0.39, 0.29) is 5.91 Å². The summed E-state index contributed by atoms with van der Waals surface area (Å²) >= 11 is 0. The third-order valence-corrected chi connectivity index (χ3v) is 3.15. The molecule has 96 valence electrons. The van der Waals surface area contributed by atoms with Gasteiger partial charge in [0.2, 0.25) is 5.91 Å². The second-order valence-corrected chi connectivity index (χ2v) is 4.61. The Morgan fingerprint density at radius 3 is 2.72 bits per heavy atom. The number of likely N-dealkylation sites (N-methyl/N-ethyl adjacent to an activating group) is 1. The molecule has 0 saturated carbocycles. The van der Waals surface area contributed by atoms with Crippen molar-refractivity contribution in [2.24, 2.45) is 0 Å². The van der Waals surface area contributed by atoms with Crippen LogP contribution in [0.5, 0.6) is 5.75 Å². The van der Waals surface area contributed by atoms with Gasteiger partial charge in [-0.15, -0.1) is 0 Å². The zero-order valence-corrected chi connectivity index (χ0v) is 11.2. The van der Waals surface area contributed by atoms with Crippen molar-refractivity contribution in [3.05, 3.63) is 29.5 Å². The van der Waals surface area contributed by atoms with Crippen LogP contribution in [0.25, 0.3) is 10.9 Å². The summed E-state index contributed by atoms with van der Waals surface area (Å²) < 4.78 is 5.23. The van der Waals surface area contributed by atoms with Crippen LogP contribution >= 0.6 is 0 Å². The summed E-state index contributed by atoms with van der Waals surface area (Å²) in [4.78, 5) is 16.7. The number of amides is 1. The molecule has 0 unspecified atom stereocenters. The van der Waals surface area contributed by atoms with E-state index in [1.54, 1.807) is 26.1 Å². The minimum absolute atomic E-state index is 0.0989. The van der Waals surface area contributed by atoms with E-state index in [1.165, 1.54) is 0 Å². The number of hydrogen-bond donors (Lipinski definition) is 1. The molecule has 0 aliphatic rings. The molecule has 1 aromatic carbocycles. The first-order valence-corrected chi connectivity index (χ1v) is 5.88. The maximum Gasteiger partial charge on any atom is 0.226 e. The monoisotopic (exact) mass is 246 g/mol. The van der Waals surface area contributed by atoms with Gasteiger partial charge in [-0.1, -0.05) is 0 Å². The molecule has 0 radical (unpaired) electrons. The summed E-state index contributed by atoms with van der Waals surface area (Å²) in [5, 5.41) is 1.06. The first kappa shape index (κ1) is 12.5. The van der Waals surface area contributed by atoms with Gasteiger partial charge >= 0.3 is 0 Å². The van der Waals surface area contributed by atoms with Gasteiger partial charge in [-0.2, -0.15) is 0 Å². The zero-order valence-electron chi connectivity index (χ0n) is 11.2. The number of rotatable bonds is 3. The standard InChI is InChI=1S/C14H18N2O2/c1-9-11(8-14(17)16(2)3)12-7-10(18-4)5-6-13(12)15-9/h5-7,15H,8H2,1-4H3. The molecule has 18 heavy (non-hydrogen) atoms. The number of hydrogen-bond acceptors (Lipinski definition) is 2. The van der Waals surface area contributed by atoms with Crippen molar-refractivity contribution in [2.75, 3.05) is 21.2 Å². The molecule has 1 N–H and O–H groups in total. The lowest BCUT2D eigenvalue weighted by Gasteiger charge is -2.10. The lowest BCUT2D eigenvalue weighted by Crippen LogP contribution is -2.23. The topological polar surface area (TPSA) is 45.3 Å². The van der Waals surface area contributed by atoms with E-state index in [4.69, 9.17) is 4.74 Å². The summed E-state index contributed by atoms with van der Waals surface area (Å²) in [5.74, 6) is 0.905. The largest absolute Gasteiger partial charge is 0.497 e. The van der Waals surface area contributed by atoms with Crippen molar-refractivity contribution in [1.82, 2.24) is 9.88 Å². The Labute approximate surface area is 107 Å². The van der Waals surface area contributed by atoms with Gasteiger partial charge in [0.1, 0.15) is 5.75 Å². The van der Waals surface area contributed by atoms with Gasteiger partial charge in [-0.25, -0.2) is 0 Å². The fourth-order valence-electron chi connectivity index (χ4n) is 2.03. The van der Waals surface area contributed by atoms with Crippen LogP contribution in [-0.2, 0) is 11.2 Å². The molecule has 0 fully saturated rings. The Morgan fingerprint density at radius 2 is 2.11 bits per heavy atom. The Hall–Kier alpha value is -1.97. The number of aromatic amines is 1. The van der Waals surface area contributed by atoms with Crippen LogP contribution in [0.2, 0.25) is 0 Å². The fourth-order valence-corrected chi connectivity index (χ4v) is 2.03. The van der Waals surface area contributed by atoms with Gasteiger partial charge in [0.15, 0.2) is 0 Å². The van der Waals surface area contributed by atoms with E-state index in [9.17, 15) is 4.79 Å². The first-order chi connectivity index (χ1) is 8.52. The third kappa shape index (κ3) is 2.18. The summed E-state index contributed by atoms with van der Waals surface area (Å²) in [6.07, 6.45) is 0.409. The Balaban J connectivity index is 2.48. The number of H-pyrrole nitrogens is 1. The highest BCUT2D eigenvalue weighted by molar-refractivity contribution is 5.90. The third-order valence-electron chi connectivity index (χ3n) is 3.15. The normalized spacial score (nSPS) is 10.7. The molecule has 1 amide bonds. The van der Waals surface area contributed by atoms with Crippen molar-refractivity contribution in [2.45, 2.75) is 13.3 Å². The number of carbonyl (C=O) groups excluding carboxylic acids is 1. The zero-order chi connectivity index (χ0) is 13.3. The number of fused-ring (bicyclic) bond motifs is 1. The van der Waals surface area contributed by atoms with Crippen LogP contribution in [0.4, 0.5) is 0 Å². The van der Waals surface area contributed by atoms with E-state index >= 15 is 0 Å². The number of benzene rings is 1. The molecular weight excluding hydrogens is 228 g/mol. The van der Waals surface area contributed by atoms with Crippen molar-refractivity contribution >= 4 is 16.8 Å². The van der Waals surface area contributed by atoms with Crippen molar-refractivity contribution in [1.29, 1.82) is 0 Å². The average Bonchev–Trinajstić information content (AvgIpc) is 2.65. The van der Waals surface area contributed by atoms with Gasteiger partial charge in [-0.3, -0.25) is 4.79 Å². The predicted molar refractivity (Wildman–Crippen MR) is 72.0 cm³/mol. The summed E-state index contributed by atoms with van der Waals surface area (Å²) in [6.45, 7) is 1.99. The molecule has 0 aliphatic carbocycles. The second-order valence-electron chi connectivity index (χ2n) is 4.61. The molecule has 0 aliphatic heterocycles. The van der Waals surface area contributed by atoms with E-state index in [2.05, 4.69) is 4.98 Å². The Bertz CT molecular complexity index is 585. The number of aryl methyl sites for hydroxylation is 1. The lowest BCUT2D eigenvalue weighted by molar-refractivity contribution is -0.127. The maximum atomic E-state index is 11.8. The van der Waals surface area contributed by atoms with Crippen LogP contribution in [0.3, 0.4) is 0 Å². The molecule has 0 saturated heterocycles. The lowest BCUT2D eigenvalue weighted by atomic mass is 10.1. The van der Waals surface area contributed by atoms with Crippen LogP contribution in [0, 0.1) is 6.92 Å². The van der Waals surface area contributed by atoms with E-state index in [0.717, 1.165) is 27.9 Å². The Morgan fingerprint density at radius 1 is 1.39 bits per heavy atom. The van der Waals surface area contributed by atoms with Crippen LogP contribution in [0.1, 0.15) is 11.3 Å². The van der Waals surface area contributed by atoms with Gasteiger partial charge in [0, 0.05) is 30.7 Å². The summed E-state index contributed by atoms with van der Waals surface area (Å²) in [6, 6.07) is 5.86. The first-order valence-electron chi connectivity index (χ1n) is 5.88. The minimum atomic E-state index is 0.0989. The number of methoxy groups -OCH3 is 1. The van der Waals surface area contributed by atoms with Crippen LogP contribution in [0.15, 0.2) is 18.2 Å². The van der Waals surface area contributed by atoms with Crippen LogP contribution in [-0.4, -0.2) is 37.0 Å². The molecule has 1 heterocycles. The average molecular weight is 246 g/mol. The highest BCUT2D eigenvalue weighted by Gasteiger charge is 2.14. The second kappa shape index (κ2) is 4.72. The quantitative estimate of drug-likeness (QED) is 0.901. The van der Waals surface area contributed by atoms with Crippen molar-refractivity contribution < 1.29 is 9.53 Å². The number of aromatic nitrogens is 1. The summed E-state index contributed by atoms with van der Waals surface area (Å²) in [7, 11) is 5.19. The predicted octanol–water partition coefficient (Wildman–Crippen LogP) is 2.12. The molecule has 4 nitrogen and oxygen atoms in total. The van der Waals surface area contributed by atoms with Gasteiger partial charge in [-0.05, 0) is 30.7 Å². The van der Waals surface area contributed by atoms with Crippen LogP contribution < -0.4 is 4.74 Å². The molecule has 0 spiro atoms. The Kier molecular flexibility index (Phi) is 3.28. The van der Waals surface area contributed by atoms with Crippen molar-refractivity contribution in [3.8, 4) is 5.75 Å². The fraction of sp³-hybridized carbons (Fsp3) is 0.357. The molecule has 0 atom stereocenters. The molecular formula is C14H18N2O2. The van der Waals surface area contributed by atoms with Gasteiger partial charge < -0.3 is 14.6 Å². The maximum absolute atomic E-state index is 11.8. The minimum Gasteiger partial charge on any atom is -0.497 e. The highest BCUT2D eigenvalue weighted by Crippen LogP contribution is 2.26. The smallest absolute Gasteiger partial charge is 0.226 e. The molecule has 1 aromatic heterocycles. The van der Waals surface area contributed by atoms with Gasteiger partial charge in [0.25, 0.3) is 0 Å². The van der Waals surface area contributed by atoms with E-state index in [1.807, 2.05) is 25.1 Å². The molecule has 0 bridgehead atoms.